The van der Waals surface area contributed by atoms with E-state index in [9.17, 15) is 19.2 Å². The number of hydrogen-bond donors (Lipinski definition) is 1. The molecule has 7 heteroatoms. The van der Waals surface area contributed by atoms with Crippen molar-refractivity contribution in [2.75, 3.05) is 6.54 Å². The number of carbonyl (C=O) groups excluding carboxylic acids is 3. The van der Waals surface area contributed by atoms with Crippen LogP contribution in [0.2, 0.25) is 0 Å². The minimum absolute atomic E-state index is 0.0774. The van der Waals surface area contributed by atoms with E-state index in [4.69, 9.17) is 5.11 Å². The van der Waals surface area contributed by atoms with E-state index in [1.807, 2.05) is 0 Å². The van der Waals surface area contributed by atoms with Crippen LogP contribution >= 0.6 is 0 Å². The minimum atomic E-state index is -0.843. The summed E-state index contributed by atoms with van der Waals surface area (Å²) >= 11 is 0. The van der Waals surface area contributed by atoms with Gasteiger partial charge in [-0.05, 0) is 25.7 Å². The number of aliphatic carboxylic acids is 1. The van der Waals surface area contributed by atoms with Gasteiger partial charge in [-0.1, -0.05) is 25.7 Å². The van der Waals surface area contributed by atoms with E-state index >= 15 is 0 Å². The van der Waals surface area contributed by atoms with Crippen molar-refractivity contribution in [1.82, 2.24) is 9.80 Å². The molecule has 0 bridgehead atoms. The number of hydrogen-bond acceptors (Lipinski definition) is 4. The first-order valence-corrected chi connectivity index (χ1v) is 8.39. The van der Waals surface area contributed by atoms with Gasteiger partial charge in [-0.15, -0.1) is 0 Å². The Hall–Kier alpha value is -1.92. The van der Waals surface area contributed by atoms with Gasteiger partial charge in [0.15, 0.2) is 0 Å². The summed E-state index contributed by atoms with van der Waals surface area (Å²) < 4.78 is 0. The Balaban J connectivity index is 1.90. The molecule has 2 fully saturated rings. The summed E-state index contributed by atoms with van der Waals surface area (Å²) in [6, 6.07) is -0.567. The maximum Gasteiger partial charge on any atom is 0.333 e. The molecule has 7 nitrogen and oxygen atoms in total. The molecule has 4 amide bonds. The first-order chi connectivity index (χ1) is 11.0. The standard InChI is InChI=1S/C16H24N2O5/c19-13-11-14(20)18(12-7-3-1-4-8-12)16(23)17(13)10-6-2-5-9-15(21)22/h12H,1-11H2,(H,21,22). The van der Waals surface area contributed by atoms with Crippen molar-refractivity contribution in [3.8, 4) is 0 Å². The van der Waals surface area contributed by atoms with Gasteiger partial charge in [0.2, 0.25) is 11.8 Å². The van der Waals surface area contributed by atoms with Crippen LogP contribution < -0.4 is 0 Å². The third-order valence-electron chi connectivity index (χ3n) is 4.52. The SMILES string of the molecule is O=C(O)CCCCCN1C(=O)CC(=O)N(C2CCCCC2)C1=O. The van der Waals surface area contributed by atoms with Gasteiger partial charge < -0.3 is 5.11 Å². The molecule has 1 N–H and O–H groups in total. The molecule has 1 aliphatic heterocycles. The highest BCUT2D eigenvalue weighted by molar-refractivity contribution is 6.14. The minimum Gasteiger partial charge on any atom is -0.481 e. The fourth-order valence-electron chi connectivity index (χ4n) is 3.30. The molecule has 0 unspecified atom stereocenters. The number of nitrogens with zero attached hydrogens (tertiary/aromatic N) is 2. The molecule has 0 radical (unpaired) electrons. The van der Waals surface area contributed by atoms with Crippen molar-refractivity contribution in [3.05, 3.63) is 0 Å². The van der Waals surface area contributed by atoms with Crippen molar-refractivity contribution in [3.63, 3.8) is 0 Å². The highest BCUT2D eigenvalue weighted by Gasteiger charge is 2.41. The molecular formula is C16H24N2O5. The molecule has 1 saturated carbocycles. The average Bonchev–Trinajstić information content (AvgIpc) is 2.50. The Morgan fingerprint density at radius 1 is 1.00 bits per heavy atom. The van der Waals surface area contributed by atoms with Gasteiger partial charge in [0.25, 0.3) is 0 Å². The van der Waals surface area contributed by atoms with E-state index in [1.165, 1.54) is 4.90 Å². The number of carbonyl (C=O) groups is 4. The second-order valence-electron chi connectivity index (χ2n) is 6.26. The Labute approximate surface area is 135 Å². The van der Waals surface area contributed by atoms with E-state index in [-0.39, 0.29) is 31.3 Å². The highest BCUT2D eigenvalue weighted by Crippen LogP contribution is 2.26. The van der Waals surface area contributed by atoms with Crippen LogP contribution in [0.4, 0.5) is 4.79 Å². The molecule has 2 rings (SSSR count). The van der Waals surface area contributed by atoms with E-state index in [2.05, 4.69) is 0 Å². The highest BCUT2D eigenvalue weighted by atomic mass is 16.4. The summed E-state index contributed by atoms with van der Waals surface area (Å²) in [6.45, 7) is 0.258. The number of unbranched alkanes of at least 4 members (excludes halogenated alkanes) is 2. The van der Waals surface area contributed by atoms with Gasteiger partial charge in [0.1, 0.15) is 6.42 Å². The van der Waals surface area contributed by atoms with Gasteiger partial charge in [-0.3, -0.25) is 24.2 Å². The van der Waals surface area contributed by atoms with Crippen LogP contribution in [0.25, 0.3) is 0 Å². The predicted octanol–water partition coefficient (Wildman–Crippen LogP) is 2.14. The molecule has 128 valence electrons. The Morgan fingerprint density at radius 2 is 1.70 bits per heavy atom. The molecule has 0 aromatic heterocycles. The van der Waals surface area contributed by atoms with Crippen molar-refractivity contribution in [1.29, 1.82) is 0 Å². The van der Waals surface area contributed by atoms with E-state index in [1.54, 1.807) is 0 Å². The molecule has 0 aromatic rings. The quantitative estimate of drug-likeness (QED) is 0.572. The molecule has 1 heterocycles. The molecule has 0 atom stereocenters. The number of barbiturate groups is 1. The summed E-state index contributed by atoms with van der Waals surface area (Å²) in [7, 11) is 0. The number of carboxylic acids is 1. The third-order valence-corrected chi connectivity index (χ3v) is 4.52. The number of imide groups is 2. The lowest BCUT2D eigenvalue weighted by Crippen LogP contribution is -2.58. The smallest absolute Gasteiger partial charge is 0.333 e. The summed E-state index contributed by atoms with van der Waals surface area (Å²) in [5.41, 5.74) is 0. The summed E-state index contributed by atoms with van der Waals surface area (Å²) in [6.07, 6.45) is 6.35. The topological polar surface area (TPSA) is 95.0 Å². The Bertz CT molecular complexity index is 485. The normalized spacial score (nSPS) is 20.3. The zero-order valence-corrected chi connectivity index (χ0v) is 13.3. The zero-order valence-electron chi connectivity index (χ0n) is 13.3. The first kappa shape index (κ1) is 17.4. The van der Waals surface area contributed by atoms with Gasteiger partial charge in [-0.25, -0.2) is 4.79 Å². The van der Waals surface area contributed by atoms with Crippen molar-refractivity contribution in [2.24, 2.45) is 0 Å². The van der Waals surface area contributed by atoms with Crippen LogP contribution in [-0.4, -0.2) is 51.3 Å². The zero-order chi connectivity index (χ0) is 16.8. The molecule has 1 aliphatic carbocycles. The van der Waals surface area contributed by atoms with E-state index in [0.717, 1.165) is 37.0 Å². The van der Waals surface area contributed by atoms with Gasteiger partial charge in [0, 0.05) is 19.0 Å². The fraction of sp³-hybridized carbons (Fsp3) is 0.750. The van der Waals surface area contributed by atoms with Crippen LogP contribution in [0.1, 0.15) is 64.2 Å². The molecule has 0 spiro atoms. The lowest BCUT2D eigenvalue weighted by Gasteiger charge is -2.39. The maximum absolute atomic E-state index is 12.5. The number of amides is 4. The average molecular weight is 324 g/mol. The predicted molar refractivity (Wildman–Crippen MR) is 81.5 cm³/mol. The number of carboxylic acid groups (broad SMARTS) is 1. The van der Waals surface area contributed by atoms with Gasteiger partial charge >= 0.3 is 12.0 Å². The van der Waals surface area contributed by atoms with Crippen molar-refractivity contribution >= 4 is 23.8 Å². The van der Waals surface area contributed by atoms with Crippen LogP contribution in [0.3, 0.4) is 0 Å². The summed E-state index contributed by atoms with van der Waals surface area (Å²) in [4.78, 5) is 49.5. The molecule has 2 aliphatic rings. The van der Waals surface area contributed by atoms with Crippen molar-refractivity contribution < 1.29 is 24.3 Å². The Kier molecular flexibility index (Phi) is 6.12. The lowest BCUT2D eigenvalue weighted by atomic mass is 9.93. The van der Waals surface area contributed by atoms with Gasteiger partial charge in [-0.2, -0.15) is 0 Å². The monoisotopic (exact) mass is 324 g/mol. The Morgan fingerprint density at radius 3 is 2.35 bits per heavy atom. The van der Waals surface area contributed by atoms with E-state index in [0.29, 0.717) is 19.3 Å². The van der Waals surface area contributed by atoms with Crippen molar-refractivity contribution in [2.45, 2.75) is 70.3 Å². The molecule has 23 heavy (non-hydrogen) atoms. The van der Waals surface area contributed by atoms with Gasteiger partial charge in [0.05, 0.1) is 0 Å². The van der Waals surface area contributed by atoms with Crippen LogP contribution in [0.5, 0.6) is 0 Å². The van der Waals surface area contributed by atoms with Crippen LogP contribution in [0, 0.1) is 0 Å². The first-order valence-electron chi connectivity index (χ1n) is 8.39. The largest absolute Gasteiger partial charge is 0.481 e. The summed E-state index contributed by atoms with van der Waals surface area (Å²) in [5, 5.41) is 8.59. The third kappa shape index (κ3) is 4.53. The van der Waals surface area contributed by atoms with E-state index < -0.39 is 17.9 Å². The molecular weight excluding hydrogens is 300 g/mol. The van der Waals surface area contributed by atoms with Crippen LogP contribution in [-0.2, 0) is 14.4 Å². The maximum atomic E-state index is 12.5. The number of urea groups is 1. The number of rotatable bonds is 7. The van der Waals surface area contributed by atoms with Crippen LogP contribution in [0.15, 0.2) is 0 Å². The fourth-order valence-corrected chi connectivity index (χ4v) is 3.30. The second-order valence-corrected chi connectivity index (χ2v) is 6.26. The second kappa shape index (κ2) is 8.08. The summed E-state index contributed by atoms with van der Waals surface area (Å²) in [5.74, 6) is -1.66. The molecule has 0 aromatic carbocycles. The lowest BCUT2D eigenvalue weighted by molar-refractivity contribution is -0.144. The molecule has 1 saturated heterocycles.